The fraction of sp³-hybridized carbons (Fsp3) is 0.708. The van der Waals surface area contributed by atoms with E-state index in [1.165, 1.54) is 0 Å². The summed E-state index contributed by atoms with van der Waals surface area (Å²) < 4.78 is 210. The van der Waals surface area contributed by atoms with Crippen LogP contribution < -0.4 is 15.2 Å². The number of nitrogens with zero attached hydrogens (tertiary/aromatic N) is 1. The zero-order chi connectivity index (χ0) is 42.6. The number of piperidine rings is 1. The van der Waals surface area contributed by atoms with Crippen molar-refractivity contribution in [3.63, 3.8) is 0 Å². The minimum Gasteiger partial charge on any atom is -0.493 e. The molecule has 6 nitrogen and oxygen atoms in total. The van der Waals surface area contributed by atoms with E-state index >= 15 is 0 Å². The molecule has 168 valence electrons. The number of nitrogens with two attached hydrogens (primary N) is 1. The summed E-state index contributed by atoms with van der Waals surface area (Å²) in [7, 11) is -2.05. The lowest BCUT2D eigenvalue weighted by Gasteiger charge is -2.47. The van der Waals surface area contributed by atoms with Gasteiger partial charge in [0, 0.05) is 58.8 Å². The summed E-state index contributed by atoms with van der Waals surface area (Å²) in [5.41, 5.74) is 4.87. The van der Waals surface area contributed by atoms with Crippen molar-refractivity contribution in [2.75, 3.05) is 27.2 Å². The van der Waals surface area contributed by atoms with Crippen molar-refractivity contribution >= 4 is 5.97 Å². The fourth-order valence-corrected chi connectivity index (χ4v) is 3.47. The van der Waals surface area contributed by atoms with Gasteiger partial charge in [0.25, 0.3) is 0 Å². The Balaban J connectivity index is 2.40. The molecule has 2 aliphatic heterocycles. The van der Waals surface area contributed by atoms with E-state index in [4.69, 9.17) is 52.8 Å². The van der Waals surface area contributed by atoms with Crippen LogP contribution in [0.2, 0.25) is 0 Å². The molecule has 4 atom stereocenters. The molecule has 1 fully saturated rings. The number of fused-ring (bicyclic) bond motifs is 3. The molecule has 3 unspecified atom stereocenters. The Morgan fingerprint density at radius 1 is 1.37 bits per heavy atom. The maximum absolute atomic E-state index is 13.7. The third-order valence-electron chi connectivity index (χ3n) is 4.89. The molecule has 30 heavy (non-hydrogen) atoms. The van der Waals surface area contributed by atoms with Gasteiger partial charge in [-0.05, 0) is 47.8 Å². The molecule has 1 aromatic rings. The first-order valence-electron chi connectivity index (χ1n) is 20.8. The Hall–Kier alpha value is -1.79. The number of aryl methyl sites for hydroxylation is 1. The van der Waals surface area contributed by atoms with Crippen molar-refractivity contribution in [2.45, 2.75) is 64.7 Å². The van der Waals surface area contributed by atoms with Crippen LogP contribution in [0, 0.1) is 17.7 Å². The number of carbonyl (C=O) groups is 1. The van der Waals surface area contributed by atoms with Gasteiger partial charge < -0.3 is 19.9 Å². The van der Waals surface area contributed by atoms with Crippen LogP contribution in [0.4, 0.5) is 0 Å². The number of ether oxygens (including phenoxy) is 3. The lowest BCUT2D eigenvalue weighted by atomic mass is 9.79. The van der Waals surface area contributed by atoms with E-state index in [2.05, 4.69) is 0 Å². The standard InChI is InChI=1S/C24H38N2O4/c1-14(2)9-17-13-26-8-7-16-10-21(28-5)22(29-6)11-18(16)19(26)12-20(17)30-24(27)23(25)15(3)4/h10-11,14-15,17,19-20,23H,7-9,12-13,25H2,1-6H3/t17?,19?,20?,23-/m0/s1/i1D3,2D3,3D3,4D3,5D3,7D2,8D2,9D2,14D,15D,23D. The molecule has 0 spiro atoms. The molecule has 2 aliphatic rings. The number of benzene rings is 1. The quantitative estimate of drug-likeness (QED) is 0.651. The van der Waals surface area contributed by atoms with Crippen LogP contribution in [-0.2, 0) is 15.9 Å². The van der Waals surface area contributed by atoms with Crippen LogP contribution in [0.3, 0.4) is 0 Å². The Kier molecular flexibility index (Phi) is 2.27. The maximum atomic E-state index is 13.7. The zero-order valence-electron chi connectivity index (χ0n) is 40.0. The topological polar surface area (TPSA) is 74.0 Å². The highest BCUT2D eigenvalue weighted by Crippen LogP contribution is 2.44. The first kappa shape index (κ1) is 7.11. The van der Waals surface area contributed by atoms with E-state index in [1.54, 1.807) is 0 Å². The molecule has 0 saturated carbocycles. The molecule has 0 radical (unpaired) electrons. The molecule has 6 heteroatoms. The number of rotatable bonds is 7. The Morgan fingerprint density at radius 2 is 2.17 bits per heavy atom. The van der Waals surface area contributed by atoms with Crippen LogP contribution in [0.15, 0.2) is 12.1 Å². The van der Waals surface area contributed by atoms with Crippen molar-refractivity contribution in [1.29, 1.82) is 0 Å². The summed E-state index contributed by atoms with van der Waals surface area (Å²) in [6.45, 7) is -20.6. The Bertz CT molecular complexity index is 1570. The number of hydrogen-bond donors (Lipinski definition) is 1. The molecule has 3 rings (SSSR count). The minimum absolute atomic E-state index is 0.238. The van der Waals surface area contributed by atoms with Gasteiger partial charge >= 0.3 is 5.97 Å². The Morgan fingerprint density at radius 3 is 2.87 bits per heavy atom. The van der Waals surface area contributed by atoms with Crippen LogP contribution in [-0.4, -0.2) is 50.2 Å². The van der Waals surface area contributed by atoms with Crippen molar-refractivity contribution in [3.05, 3.63) is 23.3 Å². The van der Waals surface area contributed by atoms with Crippen molar-refractivity contribution < 1.29 is 51.9 Å². The highest BCUT2D eigenvalue weighted by molar-refractivity contribution is 5.76. The predicted molar refractivity (Wildman–Crippen MR) is 118 cm³/mol. The molecule has 0 aliphatic carbocycles. The summed E-state index contributed by atoms with van der Waals surface area (Å²) in [4.78, 5) is 14.3. The summed E-state index contributed by atoms with van der Waals surface area (Å²) in [6, 6.07) is -3.82. The van der Waals surface area contributed by atoms with Gasteiger partial charge in [0.15, 0.2) is 11.5 Å². The number of carbonyl (C=O) groups excluding carboxylic acids is 1. The van der Waals surface area contributed by atoms with E-state index in [0.717, 1.165) is 19.2 Å². The number of hydrogen-bond acceptors (Lipinski definition) is 6. The zero-order valence-corrected chi connectivity index (χ0v) is 16.0. The number of esters is 1. The molecular weight excluding hydrogens is 380 g/mol. The van der Waals surface area contributed by atoms with Crippen molar-refractivity contribution in [2.24, 2.45) is 23.4 Å². The van der Waals surface area contributed by atoms with Gasteiger partial charge in [0.2, 0.25) is 0 Å². The third kappa shape index (κ3) is 4.75. The average molecular weight is 443 g/mol. The first-order valence-corrected chi connectivity index (χ1v) is 8.79. The molecule has 1 aromatic carbocycles. The maximum Gasteiger partial charge on any atom is 0.323 e. The second kappa shape index (κ2) is 9.56. The van der Waals surface area contributed by atoms with Crippen molar-refractivity contribution in [1.82, 2.24) is 4.90 Å². The van der Waals surface area contributed by atoms with Gasteiger partial charge in [-0.15, -0.1) is 0 Å². The lowest BCUT2D eigenvalue weighted by Crippen LogP contribution is -2.51. The van der Waals surface area contributed by atoms with Crippen molar-refractivity contribution in [3.8, 4) is 11.5 Å². The molecule has 0 amide bonds. The van der Waals surface area contributed by atoms with E-state index in [1.807, 2.05) is 0 Å². The van der Waals surface area contributed by atoms with E-state index < -0.39 is 120 Å². The fourth-order valence-electron chi connectivity index (χ4n) is 3.47. The second-order valence-corrected chi connectivity index (χ2v) is 6.69. The van der Waals surface area contributed by atoms with Crippen LogP contribution >= 0.6 is 0 Å². The molecular formula is C24H38N2O4. The van der Waals surface area contributed by atoms with Crippen LogP contribution in [0.25, 0.3) is 0 Å². The monoisotopic (exact) mass is 442 g/mol. The van der Waals surface area contributed by atoms with Gasteiger partial charge in [-0.25, -0.2) is 0 Å². The SMILES string of the molecule is [2H]C([2H])([2H])Oc1cc2c(cc1OC)C1CC(OC(=O)[C@@]([2H])(N)C([2H])(C([2H])([2H])[2H])C([2H])([2H])[2H])C(C([2H])([2H])C([2H])(C([2H])([2H])[2H])C([2H])([2H])[2H])CN1C([2H])([2H])C2([2H])[2H]. The third-order valence-corrected chi connectivity index (χ3v) is 4.89. The normalized spacial score (nSPS) is 44.4. The van der Waals surface area contributed by atoms with Gasteiger partial charge in [-0.1, -0.05) is 27.4 Å². The smallest absolute Gasteiger partial charge is 0.323 e. The highest BCUT2D eigenvalue weighted by atomic mass is 16.5. The van der Waals surface area contributed by atoms with E-state index in [9.17, 15) is 4.79 Å². The summed E-state index contributed by atoms with van der Waals surface area (Å²) in [6.07, 6.45) is -10.4. The highest BCUT2D eigenvalue weighted by Gasteiger charge is 2.41. The van der Waals surface area contributed by atoms with Crippen LogP contribution in [0.5, 0.6) is 11.5 Å². The molecule has 0 bridgehead atoms. The molecule has 2 N–H and O–H groups in total. The minimum atomic E-state index is -4.15. The largest absolute Gasteiger partial charge is 0.493 e. The average Bonchev–Trinajstić information content (AvgIpc) is 2.95. The predicted octanol–water partition coefficient (Wildman–Crippen LogP) is 3.56. The van der Waals surface area contributed by atoms with E-state index in [0.29, 0.717) is 4.90 Å². The van der Waals surface area contributed by atoms with Gasteiger partial charge in [-0.3, -0.25) is 9.69 Å². The van der Waals surface area contributed by atoms with Gasteiger partial charge in [0.1, 0.15) is 12.1 Å². The summed E-state index contributed by atoms with van der Waals surface area (Å²) in [5.74, 6) is -14.0. The Labute approximate surface area is 214 Å². The van der Waals surface area contributed by atoms with Gasteiger partial charge in [-0.2, -0.15) is 0 Å². The lowest BCUT2D eigenvalue weighted by molar-refractivity contribution is -0.160. The second-order valence-electron chi connectivity index (χ2n) is 6.69. The first-order chi connectivity index (χ1) is 23.6. The molecule has 1 saturated heterocycles. The van der Waals surface area contributed by atoms with E-state index in [-0.39, 0.29) is 11.3 Å². The summed E-state index contributed by atoms with van der Waals surface area (Å²) in [5, 5.41) is 0. The number of methoxy groups -OCH3 is 2. The molecule has 2 heterocycles. The summed E-state index contributed by atoms with van der Waals surface area (Å²) >= 11 is 0. The van der Waals surface area contributed by atoms with Crippen LogP contribution in [0.1, 0.15) is 90.3 Å². The van der Waals surface area contributed by atoms with Gasteiger partial charge in [0.05, 0.1) is 19.6 Å². The molecule has 0 aromatic heterocycles.